The van der Waals surface area contributed by atoms with Crippen molar-refractivity contribution in [2.24, 2.45) is 16.5 Å². The average molecular weight is 203 g/mol. The van der Waals surface area contributed by atoms with Gasteiger partial charge in [0.1, 0.15) is 19.7 Å². The Balaban J connectivity index is 3.61. The number of likely N-dealkylation sites (N-methyl/N-ethyl adjacent to an activating group) is 1. The number of guanidine groups is 1. The molecule has 0 spiro atoms. The minimum atomic E-state index is -0.410. The summed E-state index contributed by atoms with van der Waals surface area (Å²) in [5.41, 5.74) is 10.1. The van der Waals surface area contributed by atoms with Gasteiger partial charge in [-0.15, -0.1) is 0 Å². The summed E-state index contributed by atoms with van der Waals surface area (Å²) in [4.78, 5) is 14.5. The predicted molar refractivity (Wildman–Crippen MR) is 54.5 cm³/mol. The molecule has 0 saturated carbocycles. The molecule has 0 aromatic rings. The number of ether oxygens (including phenoxy) is 1. The highest BCUT2D eigenvalue weighted by atomic mass is 16.5. The van der Waals surface area contributed by atoms with Gasteiger partial charge in [-0.2, -0.15) is 0 Å². The molecule has 0 bridgehead atoms. The van der Waals surface area contributed by atoms with Crippen LogP contribution in [0.25, 0.3) is 0 Å². The van der Waals surface area contributed by atoms with Crippen molar-refractivity contribution in [1.29, 1.82) is 0 Å². The second kappa shape index (κ2) is 5.43. The maximum absolute atomic E-state index is 11.0. The highest BCUT2D eigenvalue weighted by Crippen LogP contribution is 1.90. The Morgan fingerprint density at radius 2 is 1.93 bits per heavy atom. The number of quaternary nitrogens is 1. The van der Waals surface area contributed by atoms with Gasteiger partial charge in [0.05, 0.1) is 21.1 Å². The van der Waals surface area contributed by atoms with E-state index >= 15 is 0 Å². The van der Waals surface area contributed by atoms with E-state index in [1.54, 1.807) is 0 Å². The zero-order chi connectivity index (χ0) is 11.2. The highest BCUT2D eigenvalue weighted by molar-refractivity contribution is 5.80. The lowest BCUT2D eigenvalue weighted by Gasteiger charge is -2.23. The fourth-order valence-corrected chi connectivity index (χ4v) is 0.635. The van der Waals surface area contributed by atoms with Crippen molar-refractivity contribution >= 4 is 11.9 Å². The average Bonchev–Trinajstić information content (AvgIpc) is 1.98. The van der Waals surface area contributed by atoms with Gasteiger partial charge >= 0.3 is 5.97 Å². The van der Waals surface area contributed by atoms with Gasteiger partial charge in [-0.25, -0.2) is 4.99 Å². The van der Waals surface area contributed by atoms with Crippen LogP contribution < -0.4 is 11.5 Å². The fraction of sp³-hybridized carbons (Fsp3) is 0.750. The Bertz CT molecular complexity index is 216. The standard InChI is InChI=1S/C8H19N4O2/c1-12(2,3)4-5-14-7(13)6-11-8(9)10/h4-6H2,1-3H3,(H4,9,10,11)/q+1. The molecule has 0 atom stereocenters. The first-order valence-corrected chi connectivity index (χ1v) is 4.33. The van der Waals surface area contributed by atoms with Crippen LogP contribution in [0.2, 0.25) is 0 Å². The molecule has 0 fully saturated rings. The van der Waals surface area contributed by atoms with Crippen LogP contribution in [-0.2, 0) is 9.53 Å². The molecular weight excluding hydrogens is 184 g/mol. The van der Waals surface area contributed by atoms with Crippen LogP contribution in [0.15, 0.2) is 4.99 Å². The van der Waals surface area contributed by atoms with Crippen LogP contribution in [-0.4, -0.2) is 57.3 Å². The van der Waals surface area contributed by atoms with Gasteiger partial charge < -0.3 is 20.7 Å². The van der Waals surface area contributed by atoms with E-state index in [-0.39, 0.29) is 12.5 Å². The second-order valence-corrected chi connectivity index (χ2v) is 3.98. The van der Waals surface area contributed by atoms with Crippen LogP contribution in [0.3, 0.4) is 0 Å². The largest absolute Gasteiger partial charge is 0.458 e. The second-order valence-electron chi connectivity index (χ2n) is 3.98. The predicted octanol–water partition coefficient (Wildman–Crippen LogP) is -1.49. The van der Waals surface area contributed by atoms with Gasteiger partial charge in [0, 0.05) is 0 Å². The van der Waals surface area contributed by atoms with Crippen molar-refractivity contribution in [3.63, 3.8) is 0 Å². The Kier molecular flexibility index (Phi) is 4.93. The number of hydrogen-bond donors (Lipinski definition) is 2. The summed E-state index contributed by atoms with van der Waals surface area (Å²) in [5, 5.41) is 0. The first-order valence-electron chi connectivity index (χ1n) is 4.33. The van der Waals surface area contributed by atoms with E-state index < -0.39 is 5.97 Å². The number of carbonyl (C=O) groups excluding carboxylic acids is 1. The van der Waals surface area contributed by atoms with Gasteiger partial charge in [-0.1, -0.05) is 0 Å². The van der Waals surface area contributed by atoms with E-state index in [0.29, 0.717) is 6.61 Å². The smallest absolute Gasteiger partial charge is 0.328 e. The van der Waals surface area contributed by atoms with Crippen LogP contribution in [0.5, 0.6) is 0 Å². The van der Waals surface area contributed by atoms with E-state index in [1.165, 1.54) is 0 Å². The summed E-state index contributed by atoms with van der Waals surface area (Å²) in [5.74, 6) is -0.514. The molecule has 0 aromatic carbocycles. The molecule has 6 nitrogen and oxygen atoms in total. The highest BCUT2D eigenvalue weighted by Gasteiger charge is 2.08. The molecule has 82 valence electrons. The molecule has 0 radical (unpaired) electrons. The maximum Gasteiger partial charge on any atom is 0.328 e. The Hall–Kier alpha value is -1.30. The maximum atomic E-state index is 11.0. The fourth-order valence-electron chi connectivity index (χ4n) is 0.635. The third kappa shape index (κ3) is 8.79. The van der Waals surface area contributed by atoms with Crippen molar-refractivity contribution in [1.82, 2.24) is 0 Å². The minimum Gasteiger partial charge on any atom is -0.458 e. The molecule has 0 aliphatic carbocycles. The molecule has 0 amide bonds. The van der Waals surface area contributed by atoms with Crippen LogP contribution in [0.1, 0.15) is 0 Å². The van der Waals surface area contributed by atoms with E-state index in [9.17, 15) is 4.79 Å². The molecule has 0 aromatic heterocycles. The molecule has 0 rings (SSSR count). The van der Waals surface area contributed by atoms with Gasteiger partial charge in [0.25, 0.3) is 0 Å². The van der Waals surface area contributed by atoms with Crippen LogP contribution in [0, 0.1) is 0 Å². The number of hydrogen-bond acceptors (Lipinski definition) is 3. The number of esters is 1. The summed E-state index contributed by atoms with van der Waals surface area (Å²) in [7, 11) is 6.05. The Morgan fingerprint density at radius 1 is 1.36 bits per heavy atom. The van der Waals surface area contributed by atoms with E-state index in [0.717, 1.165) is 11.0 Å². The molecule has 14 heavy (non-hydrogen) atoms. The van der Waals surface area contributed by atoms with Gasteiger partial charge in [0.2, 0.25) is 0 Å². The summed E-state index contributed by atoms with van der Waals surface area (Å²) in [6.07, 6.45) is 0. The SMILES string of the molecule is C[N+](C)(C)CCOC(=O)CN=C(N)N. The zero-order valence-corrected chi connectivity index (χ0v) is 8.99. The summed E-state index contributed by atoms with van der Waals surface area (Å²) in [6, 6.07) is 0. The third-order valence-corrected chi connectivity index (χ3v) is 1.42. The molecule has 0 unspecified atom stereocenters. The van der Waals surface area contributed by atoms with Crippen molar-refractivity contribution in [3.05, 3.63) is 0 Å². The number of nitrogens with zero attached hydrogens (tertiary/aromatic N) is 2. The lowest BCUT2D eigenvalue weighted by Crippen LogP contribution is -2.38. The van der Waals surface area contributed by atoms with E-state index in [2.05, 4.69) is 4.99 Å². The number of nitrogens with two attached hydrogens (primary N) is 2. The Labute approximate surface area is 84.1 Å². The first kappa shape index (κ1) is 12.7. The number of rotatable bonds is 5. The topological polar surface area (TPSA) is 90.7 Å². The first-order chi connectivity index (χ1) is 6.31. The molecule has 0 saturated heterocycles. The molecule has 0 heterocycles. The quantitative estimate of drug-likeness (QED) is 0.246. The Morgan fingerprint density at radius 3 is 2.36 bits per heavy atom. The van der Waals surface area contributed by atoms with E-state index in [4.69, 9.17) is 16.2 Å². The van der Waals surface area contributed by atoms with Crippen molar-refractivity contribution < 1.29 is 14.0 Å². The van der Waals surface area contributed by atoms with E-state index in [1.807, 2.05) is 21.1 Å². The molecular formula is C8H19N4O2+. The van der Waals surface area contributed by atoms with Crippen LogP contribution >= 0.6 is 0 Å². The monoisotopic (exact) mass is 203 g/mol. The lowest BCUT2D eigenvalue weighted by atomic mass is 10.5. The normalized spacial score (nSPS) is 10.8. The minimum absolute atomic E-state index is 0.103. The van der Waals surface area contributed by atoms with Gasteiger partial charge in [0.15, 0.2) is 5.96 Å². The van der Waals surface area contributed by atoms with Gasteiger partial charge in [-0.3, -0.25) is 4.79 Å². The lowest BCUT2D eigenvalue weighted by molar-refractivity contribution is -0.870. The zero-order valence-electron chi connectivity index (χ0n) is 8.99. The third-order valence-electron chi connectivity index (χ3n) is 1.42. The van der Waals surface area contributed by atoms with Crippen LogP contribution in [0.4, 0.5) is 0 Å². The molecule has 0 aliphatic heterocycles. The van der Waals surface area contributed by atoms with Crippen molar-refractivity contribution in [3.8, 4) is 0 Å². The van der Waals surface area contributed by atoms with Crippen molar-refractivity contribution in [2.45, 2.75) is 0 Å². The summed E-state index contributed by atoms with van der Waals surface area (Å²) < 4.78 is 5.64. The summed E-state index contributed by atoms with van der Waals surface area (Å²) >= 11 is 0. The van der Waals surface area contributed by atoms with Gasteiger partial charge in [-0.05, 0) is 0 Å². The summed E-state index contributed by atoms with van der Waals surface area (Å²) in [6.45, 7) is 1.02. The van der Waals surface area contributed by atoms with Crippen molar-refractivity contribution in [2.75, 3.05) is 40.8 Å². The molecule has 6 heteroatoms. The molecule has 0 aliphatic rings. The molecule has 4 N–H and O–H groups in total. The number of aliphatic imine (C=N–C) groups is 1. The number of carbonyl (C=O) groups is 1.